The number of likely N-dealkylation sites (N-methyl/N-ethyl adjacent to an activating group) is 1. The number of anilines is 1. The molecule has 1 N–H and O–H groups in total. The summed E-state index contributed by atoms with van der Waals surface area (Å²) in [7, 11) is -3.89. The Balaban J connectivity index is 1.82. The van der Waals surface area contributed by atoms with Gasteiger partial charge in [-0.2, -0.15) is 4.31 Å². The second-order valence-electron chi connectivity index (χ2n) is 6.55. The molecule has 0 aliphatic carbocycles. The highest BCUT2D eigenvalue weighted by Gasteiger charge is 2.32. The van der Waals surface area contributed by atoms with Crippen LogP contribution in [0.2, 0.25) is 0 Å². The molecule has 150 valence electrons. The Morgan fingerprint density at radius 3 is 2.39 bits per heavy atom. The highest BCUT2D eigenvalue weighted by molar-refractivity contribution is 7.89. The SMILES string of the molecule is CCN([C@@H](C)C(=O)Nc1ccc(C)cc1)S(=O)(=O)c1ccc2c(c1)OCCO2. The smallest absolute Gasteiger partial charge is 0.243 e. The Morgan fingerprint density at radius 2 is 1.75 bits per heavy atom. The van der Waals surface area contributed by atoms with E-state index < -0.39 is 22.0 Å². The van der Waals surface area contributed by atoms with Crippen molar-refractivity contribution in [3.05, 3.63) is 48.0 Å². The largest absolute Gasteiger partial charge is 0.486 e. The van der Waals surface area contributed by atoms with Crippen molar-refractivity contribution in [1.82, 2.24) is 4.31 Å². The van der Waals surface area contributed by atoms with Gasteiger partial charge in [0.15, 0.2) is 11.5 Å². The van der Waals surface area contributed by atoms with E-state index in [2.05, 4.69) is 5.32 Å². The number of carbonyl (C=O) groups excluding carboxylic acids is 1. The van der Waals surface area contributed by atoms with Crippen LogP contribution < -0.4 is 14.8 Å². The molecule has 0 bridgehead atoms. The number of hydrogen-bond donors (Lipinski definition) is 1. The van der Waals surface area contributed by atoms with E-state index >= 15 is 0 Å². The summed E-state index contributed by atoms with van der Waals surface area (Å²) in [4.78, 5) is 12.7. The van der Waals surface area contributed by atoms with Crippen molar-refractivity contribution in [3.63, 3.8) is 0 Å². The molecule has 0 saturated carbocycles. The molecule has 28 heavy (non-hydrogen) atoms. The van der Waals surface area contributed by atoms with E-state index in [0.29, 0.717) is 30.4 Å². The molecular weight excluding hydrogens is 380 g/mol. The lowest BCUT2D eigenvalue weighted by atomic mass is 10.2. The number of carbonyl (C=O) groups is 1. The van der Waals surface area contributed by atoms with Crippen molar-refractivity contribution < 1.29 is 22.7 Å². The van der Waals surface area contributed by atoms with Crippen LogP contribution >= 0.6 is 0 Å². The summed E-state index contributed by atoms with van der Waals surface area (Å²) in [6, 6.07) is 10.9. The van der Waals surface area contributed by atoms with Gasteiger partial charge in [0, 0.05) is 18.3 Å². The summed E-state index contributed by atoms with van der Waals surface area (Å²) in [5.74, 6) is 0.505. The molecule has 0 aromatic heterocycles. The number of aryl methyl sites for hydroxylation is 1. The Kier molecular flexibility index (Phi) is 5.90. The average molecular weight is 404 g/mol. The molecule has 8 heteroatoms. The number of nitrogens with one attached hydrogen (secondary N) is 1. The fourth-order valence-electron chi connectivity index (χ4n) is 2.99. The van der Waals surface area contributed by atoms with Gasteiger partial charge < -0.3 is 14.8 Å². The van der Waals surface area contributed by atoms with Crippen LogP contribution in [0.5, 0.6) is 11.5 Å². The van der Waals surface area contributed by atoms with Gasteiger partial charge in [0.25, 0.3) is 0 Å². The fourth-order valence-corrected chi connectivity index (χ4v) is 4.60. The number of ether oxygens (including phenoxy) is 2. The van der Waals surface area contributed by atoms with Gasteiger partial charge in [0.2, 0.25) is 15.9 Å². The van der Waals surface area contributed by atoms with Crippen LogP contribution in [-0.2, 0) is 14.8 Å². The predicted octanol–water partition coefficient (Wildman–Crippen LogP) is 2.80. The summed E-state index contributed by atoms with van der Waals surface area (Å²) in [6.07, 6.45) is 0. The third-order valence-electron chi connectivity index (χ3n) is 4.56. The topological polar surface area (TPSA) is 84.9 Å². The van der Waals surface area contributed by atoms with Gasteiger partial charge in [-0.3, -0.25) is 4.79 Å². The van der Waals surface area contributed by atoms with Gasteiger partial charge in [-0.15, -0.1) is 0 Å². The minimum atomic E-state index is -3.89. The third kappa shape index (κ3) is 4.13. The van der Waals surface area contributed by atoms with Crippen molar-refractivity contribution >= 4 is 21.6 Å². The predicted molar refractivity (Wildman–Crippen MR) is 106 cm³/mol. The third-order valence-corrected chi connectivity index (χ3v) is 6.60. The van der Waals surface area contributed by atoms with Crippen LogP contribution in [-0.4, -0.2) is 44.4 Å². The van der Waals surface area contributed by atoms with Crippen molar-refractivity contribution in [3.8, 4) is 11.5 Å². The van der Waals surface area contributed by atoms with Crippen molar-refractivity contribution in [2.24, 2.45) is 0 Å². The summed E-state index contributed by atoms with van der Waals surface area (Å²) >= 11 is 0. The minimum Gasteiger partial charge on any atom is -0.486 e. The van der Waals surface area contributed by atoms with E-state index in [9.17, 15) is 13.2 Å². The molecular formula is C20H24N2O5S. The van der Waals surface area contributed by atoms with Gasteiger partial charge in [0.1, 0.15) is 19.3 Å². The van der Waals surface area contributed by atoms with Crippen molar-refractivity contribution in [2.75, 3.05) is 25.1 Å². The molecule has 0 radical (unpaired) electrons. The maximum Gasteiger partial charge on any atom is 0.243 e. The Morgan fingerprint density at radius 1 is 1.11 bits per heavy atom. The van der Waals surface area contributed by atoms with Crippen LogP contribution in [0.1, 0.15) is 19.4 Å². The monoisotopic (exact) mass is 404 g/mol. The van der Waals surface area contributed by atoms with Crippen LogP contribution in [0.25, 0.3) is 0 Å². The molecule has 1 aliphatic heterocycles. The van der Waals surface area contributed by atoms with Gasteiger partial charge in [-0.05, 0) is 38.1 Å². The fraction of sp³-hybridized carbons (Fsp3) is 0.350. The van der Waals surface area contributed by atoms with Gasteiger partial charge in [-0.25, -0.2) is 8.42 Å². The summed E-state index contributed by atoms with van der Waals surface area (Å²) in [6.45, 7) is 6.17. The van der Waals surface area contributed by atoms with Gasteiger partial charge >= 0.3 is 0 Å². The lowest BCUT2D eigenvalue weighted by molar-refractivity contribution is -0.119. The maximum absolute atomic E-state index is 13.1. The highest BCUT2D eigenvalue weighted by atomic mass is 32.2. The van der Waals surface area contributed by atoms with Gasteiger partial charge in [-0.1, -0.05) is 24.6 Å². The molecule has 2 aromatic rings. The van der Waals surface area contributed by atoms with Crippen LogP contribution in [0, 0.1) is 6.92 Å². The Bertz CT molecular complexity index is 957. The van der Waals surface area contributed by atoms with Crippen LogP contribution in [0.4, 0.5) is 5.69 Å². The molecule has 3 rings (SSSR count). The number of fused-ring (bicyclic) bond motifs is 1. The zero-order valence-corrected chi connectivity index (χ0v) is 17.0. The summed E-state index contributed by atoms with van der Waals surface area (Å²) < 4.78 is 38.4. The molecule has 1 aliphatic rings. The maximum atomic E-state index is 13.1. The molecule has 1 amide bonds. The van der Waals surface area contributed by atoms with E-state index in [1.807, 2.05) is 19.1 Å². The first-order valence-electron chi connectivity index (χ1n) is 9.12. The summed E-state index contributed by atoms with van der Waals surface area (Å²) in [5.41, 5.74) is 1.69. The zero-order valence-electron chi connectivity index (χ0n) is 16.1. The first kappa shape index (κ1) is 20.2. The average Bonchev–Trinajstić information content (AvgIpc) is 2.69. The lowest BCUT2D eigenvalue weighted by Crippen LogP contribution is -2.45. The number of sulfonamides is 1. The summed E-state index contributed by atoms with van der Waals surface area (Å²) in [5, 5.41) is 2.77. The number of benzene rings is 2. The first-order chi connectivity index (χ1) is 13.3. The van der Waals surface area contributed by atoms with E-state index in [1.165, 1.54) is 16.4 Å². The van der Waals surface area contributed by atoms with E-state index in [0.717, 1.165) is 5.56 Å². The van der Waals surface area contributed by atoms with Crippen LogP contribution in [0.15, 0.2) is 47.4 Å². The molecule has 0 saturated heterocycles. The van der Waals surface area contributed by atoms with Crippen molar-refractivity contribution in [2.45, 2.75) is 31.7 Å². The zero-order chi connectivity index (χ0) is 20.3. The molecule has 0 spiro atoms. The second kappa shape index (κ2) is 8.20. The van der Waals surface area contributed by atoms with E-state index in [1.54, 1.807) is 32.0 Å². The molecule has 2 aromatic carbocycles. The van der Waals surface area contributed by atoms with Crippen LogP contribution in [0.3, 0.4) is 0 Å². The quantitative estimate of drug-likeness (QED) is 0.800. The Labute approximate surface area is 165 Å². The standard InChI is InChI=1S/C20H24N2O5S/c1-4-22(15(3)20(23)21-16-7-5-14(2)6-8-16)28(24,25)17-9-10-18-19(13-17)27-12-11-26-18/h5-10,13,15H,4,11-12H2,1-3H3,(H,21,23)/t15-/m0/s1. The Hall–Kier alpha value is -2.58. The minimum absolute atomic E-state index is 0.0635. The van der Waals surface area contributed by atoms with E-state index in [-0.39, 0.29) is 11.4 Å². The molecule has 1 atom stereocenters. The lowest BCUT2D eigenvalue weighted by Gasteiger charge is -2.27. The number of hydrogen-bond acceptors (Lipinski definition) is 5. The van der Waals surface area contributed by atoms with Gasteiger partial charge in [0.05, 0.1) is 4.90 Å². The van der Waals surface area contributed by atoms with Crippen molar-refractivity contribution in [1.29, 1.82) is 0 Å². The molecule has 7 nitrogen and oxygen atoms in total. The molecule has 0 fully saturated rings. The van der Waals surface area contributed by atoms with E-state index in [4.69, 9.17) is 9.47 Å². The molecule has 0 unspecified atom stereocenters. The normalized spacial score (nSPS) is 14.6. The first-order valence-corrected chi connectivity index (χ1v) is 10.6. The number of amides is 1. The number of rotatable bonds is 6. The number of nitrogens with zero attached hydrogens (tertiary/aromatic N) is 1. The second-order valence-corrected chi connectivity index (χ2v) is 8.44. The molecule has 1 heterocycles. The highest BCUT2D eigenvalue weighted by Crippen LogP contribution is 2.33.